The number of halogens is 1. The summed E-state index contributed by atoms with van der Waals surface area (Å²) in [5.74, 6) is 0.317. The molecule has 4 rings (SSSR count). The van der Waals surface area contributed by atoms with Crippen molar-refractivity contribution in [1.29, 1.82) is 0 Å². The Kier molecular flexibility index (Phi) is 5.61. The van der Waals surface area contributed by atoms with Crippen molar-refractivity contribution in [2.24, 2.45) is 0 Å². The summed E-state index contributed by atoms with van der Waals surface area (Å²) in [6, 6.07) is 19.5. The first-order valence-electron chi connectivity index (χ1n) is 10.0. The summed E-state index contributed by atoms with van der Waals surface area (Å²) in [4.78, 5) is 17.6. The van der Waals surface area contributed by atoms with Crippen LogP contribution in [-0.2, 0) is 0 Å². The Balaban J connectivity index is 1.80. The number of nitrogens with zero attached hydrogens (tertiary/aromatic N) is 3. The summed E-state index contributed by atoms with van der Waals surface area (Å²) < 4.78 is 1.74. The predicted octanol–water partition coefficient (Wildman–Crippen LogP) is 6.07. The third-order valence-corrected chi connectivity index (χ3v) is 5.63. The largest absolute Gasteiger partial charge is 0.319 e. The lowest BCUT2D eigenvalue weighted by atomic mass is 10.1. The van der Waals surface area contributed by atoms with Crippen LogP contribution in [0.15, 0.2) is 60.7 Å². The van der Waals surface area contributed by atoms with Gasteiger partial charge < -0.3 is 5.32 Å². The lowest BCUT2D eigenvalue weighted by Gasteiger charge is -2.10. The second kappa shape index (κ2) is 8.36. The summed E-state index contributed by atoms with van der Waals surface area (Å²) in [5, 5.41) is 8.05. The smallest absolute Gasteiger partial charge is 0.295 e. The number of benzene rings is 3. The van der Waals surface area contributed by atoms with E-state index < -0.39 is 0 Å². The molecule has 0 aliphatic rings. The summed E-state index contributed by atoms with van der Waals surface area (Å²) in [6.07, 6.45) is 0. The van der Waals surface area contributed by atoms with E-state index in [1.165, 1.54) is 0 Å². The molecule has 156 valence electrons. The average molecular weight is 431 g/mol. The minimum Gasteiger partial charge on any atom is -0.319 e. The van der Waals surface area contributed by atoms with Crippen LogP contribution >= 0.6 is 11.6 Å². The van der Waals surface area contributed by atoms with Gasteiger partial charge >= 0.3 is 0 Å². The standard InChI is InChI=1S/C25H23ClN4O/c1-15-8-11-19(12-9-15)24-28-23(25(31)27-21-7-5-6-20(26)18(21)4)29-30(24)22-13-10-16(2)14-17(22)3/h5-14H,1-4H3,(H,27,31). The molecule has 5 nitrogen and oxygen atoms in total. The number of hydrogen-bond donors (Lipinski definition) is 1. The van der Waals surface area contributed by atoms with E-state index in [1.54, 1.807) is 22.9 Å². The third kappa shape index (κ3) is 4.23. The number of carbonyl (C=O) groups excluding carboxylic acids is 1. The van der Waals surface area contributed by atoms with Crippen LogP contribution in [0.1, 0.15) is 32.9 Å². The van der Waals surface area contributed by atoms with Gasteiger partial charge in [0.15, 0.2) is 5.82 Å². The summed E-state index contributed by atoms with van der Waals surface area (Å²) in [7, 11) is 0. The van der Waals surface area contributed by atoms with Gasteiger partial charge in [-0.2, -0.15) is 0 Å². The topological polar surface area (TPSA) is 59.8 Å². The van der Waals surface area contributed by atoms with Gasteiger partial charge in [0.05, 0.1) is 5.69 Å². The van der Waals surface area contributed by atoms with Crippen molar-refractivity contribution in [3.8, 4) is 17.1 Å². The molecule has 0 aliphatic carbocycles. The minimum absolute atomic E-state index is 0.0925. The van der Waals surface area contributed by atoms with Crippen molar-refractivity contribution < 1.29 is 4.79 Å². The highest BCUT2D eigenvalue weighted by Crippen LogP contribution is 2.26. The average Bonchev–Trinajstić information content (AvgIpc) is 3.17. The molecule has 0 saturated heterocycles. The van der Waals surface area contributed by atoms with E-state index >= 15 is 0 Å². The summed E-state index contributed by atoms with van der Waals surface area (Å²) in [5.41, 5.74) is 6.56. The van der Waals surface area contributed by atoms with Gasteiger partial charge in [0, 0.05) is 16.3 Å². The van der Waals surface area contributed by atoms with Crippen molar-refractivity contribution in [1.82, 2.24) is 14.8 Å². The lowest BCUT2D eigenvalue weighted by Crippen LogP contribution is -2.15. The molecule has 1 amide bonds. The number of aromatic nitrogens is 3. The van der Waals surface area contributed by atoms with Crippen LogP contribution in [0.2, 0.25) is 5.02 Å². The third-order valence-electron chi connectivity index (χ3n) is 5.22. The molecule has 0 atom stereocenters. The molecule has 0 spiro atoms. The van der Waals surface area contributed by atoms with Crippen LogP contribution in [0.5, 0.6) is 0 Å². The molecule has 1 aromatic heterocycles. The molecule has 1 N–H and O–H groups in total. The maximum Gasteiger partial charge on any atom is 0.295 e. The number of rotatable bonds is 4. The maximum atomic E-state index is 13.0. The van der Waals surface area contributed by atoms with Crippen LogP contribution in [-0.4, -0.2) is 20.7 Å². The first-order chi connectivity index (χ1) is 14.8. The van der Waals surface area contributed by atoms with Gasteiger partial charge in [-0.05, 0) is 57.0 Å². The van der Waals surface area contributed by atoms with Crippen LogP contribution < -0.4 is 5.32 Å². The molecule has 0 bridgehead atoms. The number of anilines is 1. The highest BCUT2D eigenvalue weighted by atomic mass is 35.5. The van der Waals surface area contributed by atoms with Crippen molar-refractivity contribution in [2.75, 3.05) is 5.32 Å². The van der Waals surface area contributed by atoms with Crippen molar-refractivity contribution in [2.45, 2.75) is 27.7 Å². The number of amides is 1. The zero-order valence-electron chi connectivity index (χ0n) is 17.9. The quantitative estimate of drug-likeness (QED) is 0.427. The molecule has 0 radical (unpaired) electrons. The van der Waals surface area contributed by atoms with Crippen LogP contribution in [0.3, 0.4) is 0 Å². The molecule has 4 aromatic rings. The Hall–Kier alpha value is -3.44. The molecule has 0 fully saturated rings. The van der Waals surface area contributed by atoms with E-state index in [4.69, 9.17) is 11.6 Å². The van der Waals surface area contributed by atoms with E-state index in [2.05, 4.69) is 21.5 Å². The second-order valence-electron chi connectivity index (χ2n) is 7.69. The van der Waals surface area contributed by atoms with Gasteiger partial charge in [0.2, 0.25) is 5.82 Å². The highest BCUT2D eigenvalue weighted by Gasteiger charge is 2.20. The fraction of sp³-hybridized carbons (Fsp3) is 0.160. The summed E-state index contributed by atoms with van der Waals surface area (Å²) in [6.45, 7) is 7.96. The van der Waals surface area contributed by atoms with E-state index in [9.17, 15) is 4.79 Å². The van der Waals surface area contributed by atoms with Crippen LogP contribution in [0.25, 0.3) is 17.1 Å². The molecular formula is C25H23ClN4O. The van der Waals surface area contributed by atoms with Crippen LogP contribution in [0.4, 0.5) is 5.69 Å². The first kappa shape index (κ1) is 20.8. The minimum atomic E-state index is -0.387. The Morgan fingerprint density at radius 3 is 2.35 bits per heavy atom. The molecule has 31 heavy (non-hydrogen) atoms. The second-order valence-corrected chi connectivity index (χ2v) is 8.10. The molecule has 0 unspecified atom stereocenters. The molecule has 3 aromatic carbocycles. The van der Waals surface area contributed by atoms with Gasteiger partial charge in [0.1, 0.15) is 0 Å². The SMILES string of the molecule is Cc1ccc(-c2nc(C(=O)Nc3cccc(Cl)c3C)nn2-c2ccc(C)cc2C)cc1. The molecule has 0 aliphatic heterocycles. The number of nitrogens with one attached hydrogen (secondary N) is 1. The van der Waals surface area contributed by atoms with Gasteiger partial charge in [-0.1, -0.05) is 65.2 Å². The highest BCUT2D eigenvalue weighted by molar-refractivity contribution is 6.31. The lowest BCUT2D eigenvalue weighted by molar-refractivity contribution is 0.101. The maximum absolute atomic E-state index is 13.0. The van der Waals surface area contributed by atoms with E-state index in [1.807, 2.05) is 64.1 Å². The van der Waals surface area contributed by atoms with E-state index in [0.717, 1.165) is 33.5 Å². The van der Waals surface area contributed by atoms with E-state index in [-0.39, 0.29) is 11.7 Å². The van der Waals surface area contributed by atoms with Crippen molar-refractivity contribution >= 4 is 23.2 Å². The summed E-state index contributed by atoms with van der Waals surface area (Å²) >= 11 is 6.19. The van der Waals surface area contributed by atoms with Gasteiger partial charge in [-0.15, -0.1) is 5.10 Å². The van der Waals surface area contributed by atoms with E-state index in [0.29, 0.717) is 16.5 Å². The molecule has 0 saturated carbocycles. The van der Waals surface area contributed by atoms with Crippen LogP contribution in [0, 0.1) is 27.7 Å². The fourth-order valence-corrected chi connectivity index (χ4v) is 3.60. The van der Waals surface area contributed by atoms with Crippen molar-refractivity contribution in [3.05, 3.63) is 93.8 Å². The fourth-order valence-electron chi connectivity index (χ4n) is 3.43. The molecule has 1 heterocycles. The monoisotopic (exact) mass is 430 g/mol. The Bertz CT molecular complexity index is 1280. The Morgan fingerprint density at radius 1 is 0.935 bits per heavy atom. The number of aryl methyl sites for hydroxylation is 3. The number of carbonyl (C=O) groups is 1. The normalized spacial score (nSPS) is 10.9. The van der Waals surface area contributed by atoms with Crippen molar-refractivity contribution in [3.63, 3.8) is 0 Å². The molecular weight excluding hydrogens is 408 g/mol. The van der Waals surface area contributed by atoms with Gasteiger partial charge in [0.25, 0.3) is 5.91 Å². The molecule has 6 heteroatoms. The first-order valence-corrected chi connectivity index (χ1v) is 10.4. The van der Waals surface area contributed by atoms with Gasteiger partial charge in [-0.25, -0.2) is 9.67 Å². The zero-order valence-corrected chi connectivity index (χ0v) is 18.7. The Morgan fingerprint density at radius 2 is 1.65 bits per heavy atom. The predicted molar refractivity (Wildman–Crippen MR) is 125 cm³/mol. The van der Waals surface area contributed by atoms with Gasteiger partial charge in [-0.3, -0.25) is 4.79 Å². The zero-order chi connectivity index (χ0) is 22.1. The Labute approximate surface area is 186 Å². The number of hydrogen-bond acceptors (Lipinski definition) is 3.